The molecule has 36 heavy (non-hydrogen) atoms. The number of ether oxygens (including phenoxy) is 1. The molecule has 0 saturated carbocycles. The third kappa shape index (κ3) is 4.86. The monoisotopic (exact) mass is 495 g/mol. The summed E-state index contributed by atoms with van der Waals surface area (Å²) < 4.78 is 31.2. The normalized spacial score (nSPS) is 17.6. The standard InChI is InChI=1S/C27H27F2N3O4/c1-17-15-22(18(2)31(17)14-13-19-7-5-4-6-8-19)23(33)16-32-24(34)27(3,30-26(32)35)20-9-11-21(12-10-20)36-25(28)29/h4-12,15,25H,13-14,16H2,1-3H3,(H,30,35). The van der Waals surface area contributed by atoms with Crippen LogP contribution in [0.3, 0.4) is 0 Å². The molecule has 4 rings (SSSR count). The lowest BCUT2D eigenvalue weighted by Gasteiger charge is -2.22. The minimum absolute atomic E-state index is 0.0659. The van der Waals surface area contributed by atoms with E-state index in [1.807, 2.05) is 44.2 Å². The summed E-state index contributed by atoms with van der Waals surface area (Å²) in [5.41, 5.74) is 2.29. The Balaban J connectivity index is 1.48. The van der Waals surface area contributed by atoms with E-state index in [-0.39, 0.29) is 11.5 Å². The Hall–Kier alpha value is -4.01. The van der Waals surface area contributed by atoms with Crippen LogP contribution in [0.25, 0.3) is 0 Å². The molecule has 7 nitrogen and oxygen atoms in total. The highest BCUT2D eigenvalue weighted by molar-refractivity contribution is 6.11. The number of nitrogens with zero attached hydrogens (tertiary/aromatic N) is 2. The van der Waals surface area contributed by atoms with Crippen molar-refractivity contribution in [2.45, 2.75) is 45.9 Å². The molecule has 3 amide bonds. The number of hydrogen-bond acceptors (Lipinski definition) is 4. The molecule has 1 N–H and O–H groups in total. The van der Waals surface area contributed by atoms with Crippen LogP contribution in [0.15, 0.2) is 60.7 Å². The van der Waals surface area contributed by atoms with E-state index in [2.05, 4.69) is 14.6 Å². The van der Waals surface area contributed by atoms with Crippen molar-refractivity contribution in [3.63, 3.8) is 0 Å². The first-order chi connectivity index (χ1) is 17.1. The van der Waals surface area contributed by atoms with Crippen molar-refractivity contribution >= 4 is 17.7 Å². The summed E-state index contributed by atoms with van der Waals surface area (Å²) in [7, 11) is 0. The molecule has 3 aromatic rings. The Morgan fingerprint density at radius 2 is 1.72 bits per heavy atom. The second-order valence-corrected chi connectivity index (χ2v) is 8.94. The van der Waals surface area contributed by atoms with Gasteiger partial charge in [-0.05, 0) is 56.5 Å². The van der Waals surface area contributed by atoms with Gasteiger partial charge in [-0.25, -0.2) is 4.79 Å². The fraction of sp³-hybridized carbons (Fsp3) is 0.296. The Morgan fingerprint density at radius 1 is 1.06 bits per heavy atom. The van der Waals surface area contributed by atoms with Crippen LogP contribution in [0.5, 0.6) is 5.75 Å². The van der Waals surface area contributed by atoms with Crippen LogP contribution in [-0.4, -0.2) is 40.3 Å². The van der Waals surface area contributed by atoms with Crippen LogP contribution in [0.1, 0.15) is 39.8 Å². The predicted octanol–water partition coefficient (Wildman–Crippen LogP) is 4.60. The van der Waals surface area contributed by atoms with E-state index in [1.165, 1.54) is 36.8 Å². The number of halogens is 2. The van der Waals surface area contributed by atoms with Gasteiger partial charge in [0.2, 0.25) is 0 Å². The van der Waals surface area contributed by atoms with Crippen molar-refractivity contribution < 1.29 is 27.9 Å². The van der Waals surface area contributed by atoms with E-state index < -0.39 is 30.6 Å². The van der Waals surface area contributed by atoms with Gasteiger partial charge in [0.1, 0.15) is 11.3 Å². The van der Waals surface area contributed by atoms with Gasteiger partial charge in [0.05, 0.1) is 6.54 Å². The van der Waals surface area contributed by atoms with Crippen LogP contribution in [0, 0.1) is 13.8 Å². The van der Waals surface area contributed by atoms with Crippen molar-refractivity contribution in [1.29, 1.82) is 0 Å². The molecule has 1 fully saturated rings. The summed E-state index contributed by atoms with van der Waals surface area (Å²) in [6.07, 6.45) is 0.803. The Bertz CT molecular complexity index is 1290. The molecule has 1 atom stereocenters. The molecule has 2 aromatic carbocycles. The lowest BCUT2D eigenvalue weighted by atomic mass is 9.92. The van der Waals surface area contributed by atoms with E-state index in [0.717, 1.165) is 22.7 Å². The number of ketones is 1. The molecule has 1 unspecified atom stereocenters. The number of urea groups is 1. The molecule has 9 heteroatoms. The van der Waals surface area contributed by atoms with Gasteiger partial charge in [-0.3, -0.25) is 14.5 Å². The van der Waals surface area contributed by atoms with Gasteiger partial charge in [-0.15, -0.1) is 0 Å². The molecule has 0 radical (unpaired) electrons. The minimum Gasteiger partial charge on any atom is -0.435 e. The number of hydrogen-bond donors (Lipinski definition) is 1. The van der Waals surface area contributed by atoms with Gasteiger partial charge in [0.25, 0.3) is 5.91 Å². The van der Waals surface area contributed by atoms with Crippen molar-refractivity contribution in [2.24, 2.45) is 0 Å². The molecule has 1 saturated heterocycles. The first-order valence-electron chi connectivity index (χ1n) is 11.5. The first-order valence-corrected chi connectivity index (χ1v) is 11.5. The maximum absolute atomic E-state index is 13.2. The van der Waals surface area contributed by atoms with Crippen molar-refractivity contribution in [1.82, 2.24) is 14.8 Å². The SMILES string of the molecule is Cc1cc(C(=O)CN2C(=O)NC(C)(c3ccc(OC(F)F)cc3)C2=O)c(C)n1CCc1ccccc1. The van der Waals surface area contributed by atoms with Crippen molar-refractivity contribution in [2.75, 3.05) is 6.54 Å². The molecule has 2 heterocycles. The van der Waals surface area contributed by atoms with Crippen LogP contribution in [-0.2, 0) is 23.3 Å². The summed E-state index contributed by atoms with van der Waals surface area (Å²) in [4.78, 5) is 40.0. The number of rotatable bonds is 9. The van der Waals surface area contributed by atoms with Gasteiger partial charge in [-0.1, -0.05) is 42.5 Å². The number of nitrogens with one attached hydrogen (secondary N) is 1. The zero-order valence-electron chi connectivity index (χ0n) is 20.3. The van der Waals surface area contributed by atoms with E-state index in [1.54, 1.807) is 6.07 Å². The Kier molecular flexibility index (Phi) is 6.92. The number of Topliss-reactive ketones (excluding diaryl/α,β-unsaturated/α-hetero) is 1. The van der Waals surface area contributed by atoms with Crippen LogP contribution >= 0.6 is 0 Å². The van der Waals surface area contributed by atoms with Gasteiger partial charge in [0.15, 0.2) is 5.78 Å². The maximum Gasteiger partial charge on any atom is 0.387 e. The van der Waals surface area contributed by atoms with Crippen LogP contribution in [0.2, 0.25) is 0 Å². The predicted molar refractivity (Wildman–Crippen MR) is 129 cm³/mol. The number of carbonyl (C=O) groups excluding carboxylic acids is 3. The average molecular weight is 496 g/mol. The Morgan fingerprint density at radius 3 is 2.36 bits per heavy atom. The summed E-state index contributed by atoms with van der Waals surface area (Å²) in [5, 5.41) is 2.62. The lowest BCUT2D eigenvalue weighted by Crippen LogP contribution is -2.41. The third-order valence-electron chi connectivity index (χ3n) is 6.57. The van der Waals surface area contributed by atoms with Gasteiger partial charge >= 0.3 is 12.6 Å². The number of aromatic nitrogens is 1. The number of imide groups is 1. The van der Waals surface area contributed by atoms with E-state index in [0.29, 0.717) is 17.7 Å². The van der Waals surface area contributed by atoms with Crippen molar-refractivity contribution in [3.8, 4) is 5.75 Å². The maximum atomic E-state index is 13.2. The first kappa shape index (κ1) is 25.1. The number of alkyl halides is 2. The molecule has 0 bridgehead atoms. The zero-order valence-corrected chi connectivity index (χ0v) is 20.3. The molecule has 0 spiro atoms. The van der Waals surface area contributed by atoms with Gasteiger partial charge < -0.3 is 14.6 Å². The molecular weight excluding hydrogens is 468 g/mol. The molecule has 1 aliphatic heterocycles. The van der Waals surface area contributed by atoms with E-state index in [4.69, 9.17) is 0 Å². The second-order valence-electron chi connectivity index (χ2n) is 8.94. The fourth-order valence-electron chi connectivity index (χ4n) is 4.55. The van der Waals surface area contributed by atoms with Gasteiger partial charge in [0, 0.05) is 23.5 Å². The smallest absolute Gasteiger partial charge is 0.387 e. The summed E-state index contributed by atoms with van der Waals surface area (Å²) in [5.74, 6) is -1.01. The lowest BCUT2D eigenvalue weighted by molar-refractivity contribution is -0.130. The molecule has 0 aliphatic carbocycles. The molecule has 1 aromatic heterocycles. The zero-order chi connectivity index (χ0) is 26.0. The fourth-order valence-corrected chi connectivity index (χ4v) is 4.55. The topological polar surface area (TPSA) is 80.6 Å². The minimum atomic E-state index is -2.97. The largest absolute Gasteiger partial charge is 0.435 e. The van der Waals surface area contributed by atoms with E-state index in [9.17, 15) is 23.2 Å². The highest BCUT2D eigenvalue weighted by Crippen LogP contribution is 2.31. The molecule has 1 aliphatic rings. The second kappa shape index (κ2) is 9.93. The highest BCUT2D eigenvalue weighted by atomic mass is 19.3. The summed E-state index contributed by atoms with van der Waals surface area (Å²) in [6.45, 7) is 2.60. The highest BCUT2D eigenvalue weighted by Gasteiger charge is 2.49. The summed E-state index contributed by atoms with van der Waals surface area (Å²) in [6, 6.07) is 16.6. The van der Waals surface area contributed by atoms with Crippen LogP contribution < -0.4 is 10.1 Å². The summed E-state index contributed by atoms with van der Waals surface area (Å²) >= 11 is 0. The Labute approximate surface area is 207 Å². The number of aryl methyl sites for hydroxylation is 2. The van der Waals surface area contributed by atoms with E-state index >= 15 is 0 Å². The van der Waals surface area contributed by atoms with Crippen LogP contribution in [0.4, 0.5) is 13.6 Å². The molecule has 188 valence electrons. The molecular formula is C27H27F2N3O4. The van der Waals surface area contributed by atoms with Gasteiger partial charge in [-0.2, -0.15) is 8.78 Å². The van der Waals surface area contributed by atoms with Crippen molar-refractivity contribution in [3.05, 3.63) is 88.7 Å². The number of amides is 3. The average Bonchev–Trinajstić information content (AvgIpc) is 3.25. The quantitative estimate of drug-likeness (QED) is 0.348. The third-order valence-corrected chi connectivity index (χ3v) is 6.57. The number of benzene rings is 2. The number of carbonyl (C=O) groups is 3.